The van der Waals surface area contributed by atoms with E-state index in [9.17, 15) is 14.8 Å². The van der Waals surface area contributed by atoms with Crippen molar-refractivity contribution in [1.82, 2.24) is 0 Å². The second kappa shape index (κ2) is 23.4. The van der Waals surface area contributed by atoms with E-state index in [1.54, 1.807) is 0 Å². The van der Waals surface area contributed by atoms with Crippen LogP contribution in [0.4, 0.5) is 0 Å². The van der Waals surface area contributed by atoms with Gasteiger partial charge in [0, 0.05) is 0 Å². The maximum atomic E-state index is 12.3. The average molecular weight is 828 g/mol. The summed E-state index contributed by atoms with van der Waals surface area (Å²) in [7, 11) is 0. The molecule has 0 aliphatic rings. The zero-order valence-electron chi connectivity index (χ0n) is 17.9. The van der Waals surface area contributed by atoms with Gasteiger partial charge in [0.25, 0.3) is 0 Å². The topological polar surface area (TPSA) is 94.1 Å². The van der Waals surface area contributed by atoms with Crippen molar-refractivity contribution in [1.29, 1.82) is 0 Å². The molecule has 0 heterocycles. The van der Waals surface area contributed by atoms with Crippen LogP contribution in [0.25, 0.3) is 0 Å². The molecule has 0 radical (unpaired) electrons. The first-order valence-electron chi connectivity index (χ1n) is 9.01. The number of carbonyl (C=O) groups is 2. The second-order valence-corrected chi connectivity index (χ2v) is 9.24. The number of rotatable bonds is 12. The summed E-state index contributed by atoms with van der Waals surface area (Å²) in [5.41, 5.74) is 0. The van der Waals surface area contributed by atoms with Crippen LogP contribution < -0.4 is 34.8 Å². The Labute approximate surface area is 242 Å². The van der Waals surface area contributed by atoms with E-state index < -0.39 is 17.2 Å². The third kappa shape index (κ3) is 18.4. The third-order valence-electron chi connectivity index (χ3n) is 3.51. The number of ether oxygens (including phenoxy) is 2. The Morgan fingerprint density at radius 3 is 1.90 bits per heavy atom. The number of hydrogen-bond donors (Lipinski definition) is 0. The molecule has 0 aromatic rings. The van der Waals surface area contributed by atoms with E-state index >= 15 is 0 Å². The Morgan fingerprint density at radius 1 is 0.935 bits per heavy atom. The molecule has 7 nitrogen and oxygen atoms in total. The summed E-state index contributed by atoms with van der Waals surface area (Å²) < 4.78 is 20.3. The number of hydrogen-bond acceptors (Lipinski definition) is 8. The molecule has 152 valence electrons. The van der Waals surface area contributed by atoms with Gasteiger partial charge in [-0.3, -0.25) is 0 Å². The zero-order valence-corrected chi connectivity index (χ0v) is 31.8. The summed E-state index contributed by atoms with van der Waals surface area (Å²) in [6.07, 6.45) is 1.00. The second-order valence-electron chi connectivity index (χ2n) is 5.59. The summed E-state index contributed by atoms with van der Waals surface area (Å²) in [6.45, 7) is 3.94. The van der Waals surface area contributed by atoms with Crippen molar-refractivity contribution in [2.75, 3.05) is 13.2 Å². The van der Waals surface area contributed by atoms with Crippen LogP contribution in [0.1, 0.15) is 33.1 Å². The van der Waals surface area contributed by atoms with Crippen LogP contribution in [-0.4, -0.2) is 30.4 Å². The Kier molecular flexibility index (Phi) is 25.3. The number of esters is 2. The molecule has 11 heteroatoms. The maximum Gasteiger partial charge on any atom is 1.00 e. The first-order chi connectivity index (χ1) is 14.5. The molecule has 0 N–H and O–H groups in total. The first-order valence-corrected chi connectivity index (χ1v) is 15.3. The largest absolute Gasteiger partial charge is 1.00 e. The Morgan fingerprint density at radius 2 is 1.45 bits per heavy atom. The van der Waals surface area contributed by atoms with Crippen molar-refractivity contribution in [3.05, 3.63) is 0 Å². The van der Waals surface area contributed by atoms with Gasteiger partial charge in [-0.05, 0) is 0 Å². The molecule has 0 aromatic heterocycles. The first kappa shape index (κ1) is 33.5. The van der Waals surface area contributed by atoms with E-state index in [2.05, 4.69) is 51.8 Å². The molecule has 0 saturated carbocycles. The van der Waals surface area contributed by atoms with E-state index in [0.29, 0.717) is 77.1 Å². The van der Waals surface area contributed by atoms with Crippen molar-refractivity contribution < 1.29 is 115 Å². The summed E-state index contributed by atoms with van der Waals surface area (Å²) in [4.78, 5) is 24.4. The van der Waals surface area contributed by atoms with Crippen molar-refractivity contribution >= 4 is 24.0 Å². The average Bonchev–Trinajstić information content (AvgIpc) is 2.75. The van der Waals surface area contributed by atoms with Crippen molar-refractivity contribution in [2.24, 2.45) is 11.8 Å². The smallest absolute Gasteiger partial charge is 1.00 e. The van der Waals surface area contributed by atoms with E-state index in [4.69, 9.17) is 9.47 Å². The standard InChI is InChI=1S/C20H20O7S.2Hg.Na/c1-5-9-11-16(7-3)14-24-19(21)13-18(28-27-26-23)20(22)25-15-17(8-4)12-10-6-2;;;/h16-18,23H,7-8,13-15H2,3-4H3;;;/q;;;+1/p-1. The molecular weight excluding hydrogens is 808 g/mol. The molecule has 0 aliphatic carbocycles. The monoisotopic (exact) mass is 830 g/mol. The third-order valence-corrected chi connectivity index (χ3v) is 5.61. The van der Waals surface area contributed by atoms with Crippen LogP contribution in [0.2, 0.25) is 0 Å². The summed E-state index contributed by atoms with van der Waals surface area (Å²) in [5.74, 6) is 15.0. The van der Waals surface area contributed by atoms with Gasteiger partial charge in [0.05, 0.1) is 0 Å². The molecule has 31 heavy (non-hydrogen) atoms. The fourth-order valence-corrected chi connectivity index (χ4v) is 2.95. The molecule has 0 saturated heterocycles. The zero-order chi connectivity index (χ0) is 22.6. The number of carbonyl (C=O) groups excluding carboxylic acids is 2. The van der Waals surface area contributed by atoms with Gasteiger partial charge < -0.3 is 5.26 Å². The molecule has 0 aliphatic heterocycles. The van der Waals surface area contributed by atoms with Gasteiger partial charge in [-0.1, -0.05) is 0 Å². The molecule has 0 fully saturated rings. The van der Waals surface area contributed by atoms with Gasteiger partial charge in [0.1, 0.15) is 0 Å². The molecule has 3 unspecified atom stereocenters. The summed E-state index contributed by atoms with van der Waals surface area (Å²) in [6, 6.07) is 0. The molecule has 0 aromatic carbocycles. The fraction of sp³-hybridized carbons (Fsp3) is 0.500. The molecule has 0 rings (SSSR count). The van der Waals surface area contributed by atoms with E-state index in [1.807, 2.05) is 13.8 Å². The minimum atomic E-state index is -1.12. The van der Waals surface area contributed by atoms with Gasteiger partial charge in [-0.15, -0.1) is 0 Å². The van der Waals surface area contributed by atoms with Gasteiger partial charge in [0.2, 0.25) is 0 Å². The Balaban J connectivity index is 0. The predicted octanol–water partition coefficient (Wildman–Crippen LogP) is -2.22. The quantitative estimate of drug-likeness (QED) is 0.0547. The molecule has 0 amide bonds. The van der Waals surface area contributed by atoms with Crippen LogP contribution in [-0.2, 0) is 80.7 Å². The van der Waals surface area contributed by atoms with Gasteiger partial charge in [0.15, 0.2) is 0 Å². The maximum absolute atomic E-state index is 12.3. The minimum absolute atomic E-state index is 0. The van der Waals surface area contributed by atoms with E-state index in [-0.39, 0.29) is 61.0 Å². The van der Waals surface area contributed by atoms with Crippen LogP contribution in [0.15, 0.2) is 0 Å². The van der Waals surface area contributed by atoms with Crippen molar-refractivity contribution in [3.8, 4) is 42.4 Å². The molecule has 0 bridgehead atoms. The van der Waals surface area contributed by atoms with Crippen LogP contribution in [0.3, 0.4) is 0 Å². The fourth-order valence-electron chi connectivity index (χ4n) is 1.79. The Bertz CT molecular complexity index is 793. The molecule has 0 spiro atoms. The van der Waals surface area contributed by atoms with Crippen LogP contribution >= 0.6 is 12.0 Å². The molecular formula is C20H19Hg2NaO7S. The summed E-state index contributed by atoms with van der Waals surface area (Å²) in [5, 5.41) is 12.3. The Hall–Kier alpha value is 0.280. The summed E-state index contributed by atoms with van der Waals surface area (Å²) >= 11 is 1.13. The van der Waals surface area contributed by atoms with E-state index in [0.717, 1.165) is 0 Å². The van der Waals surface area contributed by atoms with Gasteiger partial charge in [-0.25, -0.2) is 0 Å². The van der Waals surface area contributed by atoms with E-state index in [1.165, 1.54) is 0 Å². The van der Waals surface area contributed by atoms with Gasteiger partial charge >= 0.3 is 240 Å². The minimum Gasteiger partial charge on any atom is 1.00 e. The van der Waals surface area contributed by atoms with Gasteiger partial charge in [-0.2, -0.15) is 0 Å². The SMILES string of the molecule is CCC(C#CC#[C][Hg])COC(=O)CC(SOO[O-])C(=O)OCC(C#CC#[C][Hg])CC.[Na+]. The predicted molar refractivity (Wildman–Crippen MR) is 98.8 cm³/mol. The van der Waals surface area contributed by atoms with Crippen molar-refractivity contribution in [2.45, 2.75) is 38.4 Å². The van der Waals surface area contributed by atoms with Crippen LogP contribution in [0.5, 0.6) is 0 Å². The molecule has 3 atom stereocenters. The van der Waals surface area contributed by atoms with Crippen LogP contribution in [0, 0.1) is 54.2 Å². The van der Waals surface area contributed by atoms with Crippen molar-refractivity contribution in [3.63, 3.8) is 0 Å². The normalized spacial score (nSPS) is 11.7.